The lowest BCUT2D eigenvalue weighted by Gasteiger charge is -2.31. The van der Waals surface area contributed by atoms with Gasteiger partial charge in [-0.05, 0) is 54.4 Å². The fourth-order valence-electron chi connectivity index (χ4n) is 2.68. The second-order valence-corrected chi connectivity index (χ2v) is 7.15. The van der Waals surface area contributed by atoms with Crippen molar-refractivity contribution in [1.29, 1.82) is 0 Å². The number of likely N-dealkylation sites (tertiary alicyclic amines) is 1. The number of hydrogen-bond donors (Lipinski definition) is 1. The number of aliphatic carboxylic acids is 1. The first-order valence-corrected chi connectivity index (χ1v) is 7.42. The minimum atomic E-state index is -0.790. The van der Waals surface area contributed by atoms with E-state index in [1.807, 2.05) is 0 Å². The van der Waals surface area contributed by atoms with Crippen molar-refractivity contribution < 1.29 is 14.3 Å². The third kappa shape index (κ3) is 3.04. The Balaban J connectivity index is 2.32. The maximum absolute atomic E-state index is 13.3. The van der Waals surface area contributed by atoms with Crippen molar-refractivity contribution in [3.05, 3.63) is 34.1 Å². The molecule has 110 valence electrons. The van der Waals surface area contributed by atoms with Crippen molar-refractivity contribution in [1.82, 2.24) is 4.90 Å². The summed E-state index contributed by atoms with van der Waals surface area (Å²) in [5.41, 5.74) is 0.803. The second kappa shape index (κ2) is 5.45. The Morgan fingerprint density at radius 2 is 2.05 bits per heavy atom. The Bertz CT molecular complexity index is 527. The number of hydrogen-bond acceptors (Lipinski definition) is 2. The van der Waals surface area contributed by atoms with Crippen molar-refractivity contribution in [3.8, 4) is 0 Å². The third-order valence-electron chi connectivity index (χ3n) is 3.96. The van der Waals surface area contributed by atoms with Crippen LogP contribution in [0.5, 0.6) is 0 Å². The highest BCUT2D eigenvalue weighted by atomic mass is 79.9. The SMILES string of the molecule is CC(C)(C)N1C[C@H](C(=O)O)[C@@H](c2ccc(F)c(Br)c2)C1. The van der Waals surface area contributed by atoms with Gasteiger partial charge in [0.1, 0.15) is 5.82 Å². The number of benzene rings is 1. The minimum Gasteiger partial charge on any atom is -0.481 e. The van der Waals surface area contributed by atoms with Gasteiger partial charge in [0.15, 0.2) is 0 Å². The molecule has 0 bridgehead atoms. The first kappa shape index (κ1) is 15.4. The van der Waals surface area contributed by atoms with Crippen LogP contribution < -0.4 is 0 Å². The van der Waals surface area contributed by atoms with Crippen molar-refractivity contribution in [3.63, 3.8) is 0 Å². The molecule has 1 heterocycles. The summed E-state index contributed by atoms with van der Waals surface area (Å²) >= 11 is 3.17. The van der Waals surface area contributed by atoms with Crippen molar-refractivity contribution in [2.45, 2.75) is 32.2 Å². The molecule has 1 aliphatic rings. The standard InChI is InChI=1S/C15H19BrFNO2/c1-15(2,3)18-7-10(11(8-18)14(19)20)9-4-5-13(17)12(16)6-9/h4-6,10-11H,7-8H2,1-3H3,(H,19,20)/t10-,11+/m1/s1. The van der Waals surface area contributed by atoms with Crippen molar-refractivity contribution in [2.75, 3.05) is 13.1 Å². The Kier molecular flexibility index (Phi) is 4.21. The van der Waals surface area contributed by atoms with E-state index < -0.39 is 11.9 Å². The Hall–Kier alpha value is -0.940. The molecule has 2 atom stereocenters. The summed E-state index contributed by atoms with van der Waals surface area (Å²) in [7, 11) is 0. The lowest BCUT2D eigenvalue weighted by molar-refractivity contribution is -0.141. The highest BCUT2D eigenvalue weighted by Gasteiger charge is 2.42. The monoisotopic (exact) mass is 343 g/mol. The molecular weight excluding hydrogens is 325 g/mol. The van der Waals surface area contributed by atoms with Crippen LogP contribution in [0.25, 0.3) is 0 Å². The second-order valence-electron chi connectivity index (χ2n) is 6.30. The predicted molar refractivity (Wildman–Crippen MR) is 79.3 cm³/mol. The van der Waals surface area contributed by atoms with Crippen LogP contribution in [0.2, 0.25) is 0 Å². The zero-order chi connectivity index (χ0) is 15.1. The molecule has 1 fully saturated rings. The van der Waals surface area contributed by atoms with E-state index in [2.05, 4.69) is 41.6 Å². The normalized spacial score (nSPS) is 24.1. The zero-order valence-corrected chi connectivity index (χ0v) is 13.4. The van der Waals surface area contributed by atoms with Crippen LogP contribution in [0.3, 0.4) is 0 Å². The van der Waals surface area contributed by atoms with Gasteiger partial charge in [0, 0.05) is 24.5 Å². The van der Waals surface area contributed by atoms with Gasteiger partial charge in [-0.3, -0.25) is 9.69 Å². The highest BCUT2D eigenvalue weighted by Crippen LogP contribution is 2.37. The molecule has 5 heteroatoms. The topological polar surface area (TPSA) is 40.5 Å². The van der Waals surface area contributed by atoms with Gasteiger partial charge in [-0.15, -0.1) is 0 Å². The first-order chi connectivity index (χ1) is 9.20. The van der Waals surface area contributed by atoms with Gasteiger partial charge < -0.3 is 5.11 Å². The molecule has 0 aromatic heterocycles. The maximum atomic E-state index is 13.3. The van der Waals surface area contributed by atoms with Crippen LogP contribution in [0.15, 0.2) is 22.7 Å². The predicted octanol–water partition coefficient (Wildman–Crippen LogP) is 3.49. The first-order valence-electron chi connectivity index (χ1n) is 6.63. The molecule has 0 amide bonds. The molecule has 1 saturated heterocycles. The summed E-state index contributed by atoms with van der Waals surface area (Å²) in [6.07, 6.45) is 0. The third-order valence-corrected chi connectivity index (χ3v) is 4.57. The van der Waals surface area contributed by atoms with Crippen LogP contribution in [0.4, 0.5) is 4.39 Å². The summed E-state index contributed by atoms with van der Waals surface area (Å²) < 4.78 is 13.7. The van der Waals surface area contributed by atoms with E-state index in [4.69, 9.17) is 0 Å². The molecule has 1 aromatic carbocycles. The molecule has 0 spiro atoms. The summed E-state index contributed by atoms with van der Waals surface area (Å²) in [5, 5.41) is 9.44. The molecule has 0 radical (unpaired) electrons. The van der Waals surface area contributed by atoms with Gasteiger partial charge in [0.2, 0.25) is 0 Å². The smallest absolute Gasteiger partial charge is 0.308 e. The average molecular weight is 344 g/mol. The molecule has 0 saturated carbocycles. The van der Waals surface area contributed by atoms with Gasteiger partial charge in [-0.25, -0.2) is 4.39 Å². The Labute approximate surface area is 126 Å². The Morgan fingerprint density at radius 3 is 2.55 bits per heavy atom. The van der Waals surface area contributed by atoms with E-state index in [0.29, 0.717) is 17.6 Å². The van der Waals surface area contributed by atoms with E-state index in [1.165, 1.54) is 6.07 Å². The molecule has 2 rings (SSSR count). The van der Waals surface area contributed by atoms with E-state index in [1.54, 1.807) is 12.1 Å². The number of carboxylic acids is 1. The van der Waals surface area contributed by atoms with Gasteiger partial charge in [0.25, 0.3) is 0 Å². The molecule has 20 heavy (non-hydrogen) atoms. The van der Waals surface area contributed by atoms with Gasteiger partial charge in [-0.2, -0.15) is 0 Å². The number of nitrogens with zero attached hydrogens (tertiary/aromatic N) is 1. The van der Waals surface area contributed by atoms with Crippen LogP contribution in [0.1, 0.15) is 32.3 Å². The maximum Gasteiger partial charge on any atom is 0.308 e. The molecular formula is C15H19BrFNO2. The molecule has 1 aromatic rings. The summed E-state index contributed by atoms with van der Waals surface area (Å²) in [4.78, 5) is 13.7. The molecule has 0 unspecified atom stereocenters. The highest BCUT2D eigenvalue weighted by molar-refractivity contribution is 9.10. The molecule has 1 N–H and O–H groups in total. The number of carboxylic acid groups (broad SMARTS) is 1. The number of carbonyl (C=O) groups is 1. The van der Waals surface area contributed by atoms with E-state index in [9.17, 15) is 14.3 Å². The number of rotatable bonds is 2. The summed E-state index contributed by atoms with van der Waals surface area (Å²) in [5.74, 6) is -1.68. The average Bonchev–Trinajstić information content (AvgIpc) is 2.77. The molecule has 0 aliphatic carbocycles. The fourth-order valence-corrected chi connectivity index (χ4v) is 3.08. The lowest BCUT2D eigenvalue weighted by atomic mass is 9.89. The van der Waals surface area contributed by atoms with Crippen LogP contribution in [0, 0.1) is 11.7 Å². The Morgan fingerprint density at radius 1 is 1.40 bits per heavy atom. The largest absolute Gasteiger partial charge is 0.481 e. The van der Waals surface area contributed by atoms with E-state index >= 15 is 0 Å². The fraction of sp³-hybridized carbons (Fsp3) is 0.533. The molecule has 1 aliphatic heterocycles. The van der Waals surface area contributed by atoms with E-state index in [-0.39, 0.29) is 17.3 Å². The molecule has 3 nitrogen and oxygen atoms in total. The van der Waals surface area contributed by atoms with Crippen molar-refractivity contribution >= 4 is 21.9 Å². The van der Waals surface area contributed by atoms with E-state index in [0.717, 1.165) is 5.56 Å². The van der Waals surface area contributed by atoms with Crippen LogP contribution >= 0.6 is 15.9 Å². The van der Waals surface area contributed by atoms with Gasteiger partial charge in [0.05, 0.1) is 10.4 Å². The van der Waals surface area contributed by atoms with Crippen LogP contribution in [-0.2, 0) is 4.79 Å². The summed E-state index contributed by atoms with van der Waals surface area (Å²) in [6, 6.07) is 4.77. The van der Waals surface area contributed by atoms with Gasteiger partial charge >= 0.3 is 5.97 Å². The van der Waals surface area contributed by atoms with Gasteiger partial charge in [-0.1, -0.05) is 6.07 Å². The zero-order valence-electron chi connectivity index (χ0n) is 11.9. The lowest BCUT2D eigenvalue weighted by Crippen LogP contribution is -2.40. The minimum absolute atomic E-state index is 0.0697. The van der Waals surface area contributed by atoms with Crippen LogP contribution in [-0.4, -0.2) is 34.6 Å². The number of halogens is 2. The summed E-state index contributed by atoms with van der Waals surface area (Å²) in [6.45, 7) is 7.44. The van der Waals surface area contributed by atoms with Crippen molar-refractivity contribution in [2.24, 2.45) is 5.92 Å². The quantitative estimate of drug-likeness (QED) is 0.893.